The van der Waals surface area contributed by atoms with Crippen LogP contribution >= 0.6 is 11.8 Å². The van der Waals surface area contributed by atoms with E-state index >= 15 is 0 Å². The Morgan fingerprint density at radius 2 is 1.86 bits per heavy atom. The number of carbonyl (C=O) groups excluding carboxylic acids is 2. The minimum absolute atomic E-state index is 0.0866. The number of amides is 2. The lowest BCUT2D eigenvalue weighted by Crippen LogP contribution is -2.47. The third kappa shape index (κ3) is 5.16. The molecule has 7 heteroatoms. The lowest BCUT2D eigenvalue weighted by Gasteiger charge is -2.34. The second-order valence-corrected chi connectivity index (χ2v) is 8.71. The Labute approximate surface area is 170 Å². The first kappa shape index (κ1) is 20.5. The highest BCUT2D eigenvalue weighted by Gasteiger charge is 2.30. The average Bonchev–Trinajstić information content (AvgIpc) is 3.08. The standard InChI is InChI=1S/C21H28N4O2S/c1-14(2)17-6-4-5-7-18(17)24-20(27)19(26)23-15-8-10-16(11-9-15)28-21-22-12-13-25(21)3/h8-14,17-18H,4-7H2,1-3H3,(H,23,26)(H,24,27). The summed E-state index contributed by atoms with van der Waals surface area (Å²) in [5.41, 5.74) is 0.605. The van der Waals surface area contributed by atoms with Crippen molar-refractivity contribution in [2.45, 2.75) is 55.6 Å². The smallest absolute Gasteiger partial charge is 0.313 e. The Balaban J connectivity index is 1.55. The van der Waals surface area contributed by atoms with Gasteiger partial charge in [-0.05, 0) is 48.9 Å². The summed E-state index contributed by atoms with van der Waals surface area (Å²) in [7, 11) is 1.94. The molecule has 2 atom stereocenters. The van der Waals surface area contributed by atoms with Crippen LogP contribution in [-0.2, 0) is 16.6 Å². The van der Waals surface area contributed by atoms with Crippen LogP contribution in [0.1, 0.15) is 39.5 Å². The first-order chi connectivity index (χ1) is 13.4. The van der Waals surface area contributed by atoms with E-state index in [-0.39, 0.29) is 6.04 Å². The monoisotopic (exact) mass is 400 g/mol. The third-order valence-electron chi connectivity index (χ3n) is 5.30. The topological polar surface area (TPSA) is 76.0 Å². The molecule has 1 heterocycles. The maximum absolute atomic E-state index is 12.4. The molecule has 2 aromatic rings. The van der Waals surface area contributed by atoms with Crippen LogP contribution in [0.3, 0.4) is 0 Å². The minimum Gasteiger partial charge on any atom is -0.345 e. The quantitative estimate of drug-likeness (QED) is 0.748. The molecule has 0 aliphatic heterocycles. The third-order valence-corrected chi connectivity index (χ3v) is 6.38. The molecule has 2 amide bonds. The van der Waals surface area contributed by atoms with E-state index in [1.54, 1.807) is 30.1 Å². The van der Waals surface area contributed by atoms with Crippen molar-refractivity contribution in [1.29, 1.82) is 0 Å². The number of nitrogens with zero attached hydrogens (tertiary/aromatic N) is 2. The first-order valence-electron chi connectivity index (χ1n) is 9.81. The van der Waals surface area contributed by atoms with Gasteiger partial charge in [0, 0.05) is 36.1 Å². The number of hydrogen-bond acceptors (Lipinski definition) is 4. The molecule has 1 fully saturated rings. The van der Waals surface area contributed by atoms with Crippen molar-refractivity contribution < 1.29 is 9.59 Å². The number of imidazole rings is 1. The zero-order chi connectivity index (χ0) is 20.1. The molecular formula is C21H28N4O2S. The summed E-state index contributed by atoms with van der Waals surface area (Å²) in [6, 6.07) is 7.50. The van der Waals surface area contributed by atoms with Crippen molar-refractivity contribution in [2.24, 2.45) is 18.9 Å². The zero-order valence-electron chi connectivity index (χ0n) is 16.6. The lowest BCUT2D eigenvalue weighted by molar-refractivity contribution is -0.137. The van der Waals surface area contributed by atoms with Crippen LogP contribution in [0.2, 0.25) is 0 Å². The Morgan fingerprint density at radius 1 is 1.14 bits per heavy atom. The molecule has 150 valence electrons. The van der Waals surface area contributed by atoms with Crippen LogP contribution in [0.15, 0.2) is 46.7 Å². The molecule has 2 N–H and O–H groups in total. The van der Waals surface area contributed by atoms with E-state index in [9.17, 15) is 9.59 Å². The van der Waals surface area contributed by atoms with Gasteiger partial charge in [-0.25, -0.2) is 4.98 Å². The maximum atomic E-state index is 12.4. The van der Waals surface area contributed by atoms with Crippen LogP contribution in [0.4, 0.5) is 5.69 Å². The fourth-order valence-corrected chi connectivity index (χ4v) is 4.52. The van der Waals surface area contributed by atoms with E-state index in [2.05, 4.69) is 29.5 Å². The molecule has 0 radical (unpaired) electrons. The van der Waals surface area contributed by atoms with E-state index in [1.165, 1.54) is 6.42 Å². The molecule has 2 unspecified atom stereocenters. The van der Waals surface area contributed by atoms with E-state index < -0.39 is 11.8 Å². The van der Waals surface area contributed by atoms with Gasteiger partial charge in [-0.15, -0.1) is 0 Å². The van der Waals surface area contributed by atoms with Gasteiger partial charge in [0.25, 0.3) is 0 Å². The highest BCUT2D eigenvalue weighted by atomic mass is 32.2. The van der Waals surface area contributed by atoms with E-state index in [4.69, 9.17) is 0 Å². The normalized spacial score (nSPS) is 19.4. The molecule has 3 rings (SSSR count). The molecule has 0 spiro atoms. The molecule has 1 aliphatic rings. The summed E-state index contributed by atoms with van der Waals surface area (Å²) in [4.78, 5) is 30.0. The van der Waals surface area contributed by atoms with E-state index in [0.29, 0.717) is 17.5 Å². The van der Waals surface area contributed by atoms with Crippen LogP contribution in [0, 0.1) is 11.8 Å². The highest BCUT2D eigenvalue weighted by Crippen LogP contribution is 2.30. The van der Waals surface area contributed by atoms with Crippen molar-refractivity contribution in [3.05, 3.63) is 36.7 Å². The van der Waals surface area contributed by atoms with E-state index in [0.717, 1.165) is 29.3 Å². The van der Waals surface area contributed by atoms with Gasteiger partial charge in [0.2, 0.25) is 0 Å². The molecular weight excluding hydrogens is 372 g/mol. The SMILES string of the molecule is CC(C)C1CCCCC1NC(=O)C(=O)Nc1ccc(Sc2nccn2C)cc1. The summed E-state index contributed by atoms with van der Waals surface area (Å²) in [6.45, 7) is 4.36. The predicted octanol–water partition coefficient (Wildman–Crippen LogP) is 3.84. The van der Waals surface area contributed by atoms with Crippen molar-refractivity contribution in [3.63, 3.8) is 0 Å². The molecule has 1 aliphatic carbocycles. The summed E-state index contributed by atoms with van der Waals surface area (Å²) in [5, 5.41) is 6.54. The maximum Gasteiger partial charge on any atom is 0.313 e. The number of aryl methyl sites for hydroxylation is 1. The van der Waals surface area contributed by atoms with Crippen LogP contribution in [-0.4, -0.2) is 27.4 Å². The molecule has 1 saturated carbocycles. The first-order valence-corrected chi connectivity index (χ1v) is 10.6. The summed E-state index contributed by atoms with van der Waals surface area (Å²) >= 11 is 1.54. The molecule has 0 saturated heterocycles. The Kier molecular flexibility index (Phi) is 6.78. The molecule has 1 aromatic heterocycles. The highest BCUT2D eigenvalue weighted by molar-refractivity contribution is 7.99. The Morgan fingerprint density at radius 3 is 2.50 bits per heavy atom. The molecule has 6 nitrogen and oxygen atoms in total. The molecule has 0 bridgehead atoms. The summed E-state index contributed by atoms with van der Waals surface area (Å²) in [6.07, 6.45) is 8.01. The van der Waals surface area contributed by atoms with Gasteiger partial charge < -0.3 is 15.2 Å². The van der Waals surface area contributed by atoms with Gasteiger partial charge in [0.15, 0.2) is 5.16 Å². The van der Waals surface area contributed by atoms with Gasteiger partial charge in [-0.3, -0.25) is 9.59 Å². The van der Waals surface area contributed by atoms with Crippen molar-refractivity contribution in [1.82, 2.24) is 14.9 Å². The number of rotatable bonds is 5. The van der Waals surface area contributed by atoms with Gasteiger partial charge >= 0.3 is 11.8 Å². The number of hydrogen-bond donors (Lipinski definition) is 2. The fourth-order valence-electron chi connectivity index (χ4n) is 3.72. The zero-order valence-corrected chi connectivity index (χ0v) is 17.5. The fraction of sp³-hybridized carbons (Fsp3) is 0.476. The predicted molar refractivity (Wildman–Crippen MR) is 111 cm³/mol. The van der Waals surface area contributed by atoms with Crippen LogP contribution in [0.25, 0.3) is 0 Å². The molecule has 28 heavy (non-hydrogen) atoms. The number of benzene rings is 1. The van der Waals surface area contributed by atoms with Crippen molar-refractivity contribution >= 4 is 29.3 Å². The number of carbonyl (C=O) groups is 2. The number of anilines is 1. The van der Waals surface area contributed by atoms with Gasteiger partial charge in [0.05, 0.1) is 0 Å². The number of aromatic nitrogens is 2. The van der Waals surface area contributed by atoms with Crippen LogP contribution < -0.4 is 10.6 Å². The van der Waals surface area contributed by atoms with Gasteiger partial charge in [-0.2, -0.15) is 0 Å². The Bertz CT molecular complexity index is 816. The van der Waals surface area contributed by atoms with E-state index in [1.807, 2.05) is 29.9 Å². The molecule has 1 aromatic carbocycles. The Hall–Kier alpha value is -2.28. The van der Waals surface area contributed by atoms with Crippen LogP contribution in [0.5, 0.6) is 0 Å². The van der Waals surface area contributed by atoms with Gasteiger partial charge in [0.1, 0.15) is 0 Å². The van der Waals surface area contributed by atoms with Crippen molar-refractivity contribution in [3.8, 4) is 0 Å². The van der Waals surface area contributed by atoms with Gasteiger partial charge in [-0.1, -0.05) is 38.5 Å². The number of nitrogens with one attached hydrogen (secondary N) is 2. The largest absolute Gasteiger partial charge is 0.345 e. The summed E-state index contributed by atoms with van der Waals surface area (Å²) < 4.78 is 1.94. The second kappa shape index (κ2) is 9.28. The average molecular weight is 401 g/mol. The summed E-state index contributed by atoms with van der Waals surface area (Å²) in [5.74, 6) is -0.230. The van der Waals surface area contributed by atoms with Crippen molar-refractivity contribution in [2.75, 3.05) is 5.32 Å². The minimum atomic E-state index is -0.613. The lowest BCUT2D eigenvalue weighted by atomic mass is 9.78. The second-order valence-electron chi connectivity index (χ2n) is 7.67.